The number of esters is 1. The lowest BCUT2D eigenvalue weighted by Gasteiger charge is -2.18. The molecule has 0 bridgehead atoms. The van der Waals surface area contributed by atoms with Crippen molar-refractivity contribution in [3.8, 4) is 5.75 Å². The van der Waals surface area contributed by atoms with Crippen LogP contribution in [-0.4, -0.2) is 20.2 Å². The van der Waals surface area contributed by atoms with Crippen molar-refractivity contribution in [2.24, 2.45) is 5.92 Å². The molecule has 0 aromatic heterocycles. The Morgan fingerprint density at radius 2 is 2.16 bits per heavy atom. The van der Waals surface area contributed by atoms with Gasteiger partial charge >= 0.3 is 5.97 Å². The third kappa shape index (κ3) is 2.44. The number of rotatable bonds is 5. The van der Waals surface area contributed by atoms with Gasteiger partial charge in [0.05, 0.1) is 14.2 Å². The molecule has 4 heteroatoms. The van der Waals surface area contributed by atoms with Crippen LogP contribution in [0.1, 0.15) is 31.7 Å². The van der Waals surface area contributed by atoms with Crippen molar-refractivity contribution >= 4 is 5.97 Å². The first-order valence-electron chi connectivity index (χ1n) is 6.45. The summed E-state index contributed by atoms with van der Waals surface area (Å²) < 4.78 is 24.0. The highest BCUT2D eigenvalue weighted by Gasteiger charge is 2.53. The van der Waals surface area contributed by atoms with Gasteiger partial charge < -0.3 is 9.47 Å². The van der Waals surface area contributed by atoms with E-state index in [-0.39, 0.29) is 23.0 Å². The number of hydrogen-bond acceptors (Lipinski definition) is 3. The molecule has 1 aromatic carbocycles. The van der Waals surface area contributed by atoms with Crippen LogP contribution >= 0.6 is 0 Å². The fraction of sp³-hybridized carbons (Fsp3) is 0.533. The SMILES string of the molecule is COC(=O)CCC1(c2cccc(OC)c2F)CC1C. The Morgan fingerprint density at radius 3 is 2.68 bits per heavy atom. The Kier molecular flexibility index (Phi) is 3.78. The highest BCUT2D eigenvalue weighted by molar-refractivity contribution is 5.69. The summed E-state index contributed by atoms with van der Waals surface area (Å²) in [7, 11) is 2.83. The van der Waals surface area contributed by atoms with Gasteiger partial charge in [0.25, 0.3) is 0 Å². The largest absolute Gasteiger partial charge is 0.494 e. The Hall–Kier alpha value is -1.58. The predicted octanol–water partition coefficient (Wildman–Crippen LogP) is 3.07. The van der Waals surface area contributed by atoms with Crippen LogP contribution in [0.3, 0.4) is 0 Å². The number of carbonyl (C=O) groups is 1. The normalized spacial score (nSPS) is 24.9. The van der Waals surface area contributed by atoms with Crippen LogP contribution in [0.5, 0.6) is 5.75 Å². The maximum Gasteiger partial charge on any atom is 0.305 e. The summed E-state index contributed by atoms with van der Waals surface area (Å²) in [6.45, 7) is 2.08. The number of hydrogen-bond donors (Lipinski definition) is 0. The molecule has 0 aliphatic heterocycles. The van der Waals surface area contributed by atoms with Crippen LogP contribution in [0.15, 0.2) is 18.2 Å². The molecule has 1 aliphatic carbocycles. The second-order valence-electron chi connectivity index (χ2n) is 5.16. The van der Waals surface area contributed by atoms with E-state index in [2.05, 4.69) is 11.7 Å². The Morgan fingerprint density at radius 1 is 1.47 bits per heavy atom. The molecule has 0 heterocycles. The molecule has 104 valence electrons. The summed E-state index contributed by atoms with van der Waals surface area (Å²) >= 11 is 0. The molecule has 3 nitrogen and oxygen atoms in total. The van der Waals surface area contributed by atoms with Gasteiger partial charge in [0.2, 0.25) is 0 Å². The zero-order chi connectivity index (χ0) is 14.0. The summed E-state index contributed by atoms with van der Waals surface area (Å²) in [6.07, 6.45) is 1.83. The van der Waals surface area contributed by atoms with E-state index in [4.69, 9.17) is 4.74 Å². The molecule has 0 spiro atoms. The zero-order valence-corrected chi connectivity index (χ0v) is 11.5. The minimum absolute atomic E-state index is 0.243. The highest BCUT2D eigenvalue weighted by atomic mass is 19.1. The van der Waals surface area contributed by atoms with Crippen molar-refractivity contribution in [2.75, 3.05) is 14.2 Å². The van der Waals surface area contributed by atoms with Gasteiger partial charge in [-0.25, -0.2) is 4.39 Å². The van der Waals surface area contributed by atoms with Gasteiger partial charge in [-0.2, -0.15) is 0 Å². The van der Waals surface area contributed by atoms with Gasteiger partial charge in [-0.05, 0) is 30.4 Å². The Bertz CT molecular complexity index is 486. The predicted molar refractivity (Wildman–Crippen MR) is 69.7 cm³/mol. The molecule has 0 saturated heterocycles. The highest BCUT2D eigenvalue weighted by Crippen LogP contribution is 2.58. The van der Waals surface area contributed by atoms with Crippen LogP contribution in [-0.2, 0) is 14.9 Å². The lowest BCUT2D eigenvalue weighted by Crippen LogP contribution is -2.15. The second kappa shape index (κ2) is 5.19. The van der Waals surface area contributed by atoms with E-state index in [1.165, 1.54) is 14.2 Å². The van der Waals surface area contributed by atoms with Crippen molar-refractivity contribution in [2.45, 2.75) is 31.6 Å². The molecule has 0 radical (unpaired) electrons. The van der Waals surface area contributed by atoms with Gasteiger partial charge in [0.15, 0.2) is 11.6 Å². The number of ether oxygens (including phenoxy) is 2. The average molecular weight is 266 g/mol. The topological polar surface area (TPSA) is 35.5 Å². The minimum atomic E-state index is -0.306. The maximum atomic E-state index is 14.3. The molecule has 0 amide bonds. The molecule has 1 aliphatic rings. The number of carbonyl (C=O) groups excluding carboxylic acids is 1. The number of methoxy groups -OCH3 is 2. The quantitative estimate of drug-likeness (QED) is 0.768. The summed E-state index contributed by atoms with van der Waals surface area (Å²) in [5.41, 5.74) is 0.413. The van der Waals surface area contributed by atoms with Crippen molar-refractivity contribution in [3.63, 3.8) is 0 Å². The van der Waals surface area contributed by atoms with E-state index in [1.54, 1.807) is 18.2 Å². The summed E-state index contributed by atoms with van der Waals surface area (Å²) in [6, 6.07) is 5.20. The monoisotopic (exact) mass is 266 g/mol. The minimum Gasteiger partial charge on any atom is -0.494 e. The molecular weight excluding hydrogens is 247 g/mol. The van der Waals surface area contributed by atoms with E-state index in [0.29, 0.717) is 24.3 Å². The van der Waals surface area contributed by atoms with Crippen LogP contribution in [0.4, 0.5) is 4.39 Å². The van der Waals surface area contributed by atoms with E-state index >= 15 is 0 Å². The summed E-state index contributed by atoms with van der Waals surface area (Å²) in [4.78, 5) is 11.3. The first-order chi connectivity index (χ1) is 9.05. The van der Waals surface area contributed by atoms with Gasteiger partial charge in [-0.15, -0.1) is 0 Å². The lowest BCUT2D eigenvalue weighted by atomic mass is 9.88. The van der Waals surface area contributed by atoms with Gasteiger partial charge in [0, 0.05) is 11.8 Å². The number of benzene rings is 1. The first-order valence-corrected chi connectivity index (χ1v) is 6.45. The molecule has 1 aromatic rings. The van der Waals surface area contributed by atoms with E-state index in [1.807, 2.05) is 0 Å². The standard InChI is InChI=1S/C15H19FO3/c1-10-9-15(10,8-7-13(17)19-3)11-5-4-6-12(18-2)14(11)16/h4-6,10H,7-9H2,1-3H3. The molecule has 2 rings (SSSR count). The van der Waals surface area contributed by atoms with E-state index < -0.39 is 0 Å². The van der Waals surface area contributed by atoms with Crippen LogP contribution in [0.25, 0.3) is 0 Å². The molecule has 2 atom stereocenters. The van der Waals surface area contributed by atoms with E-state index in [0.717, 1.165) is 6.42 Å². The van der Waals surface area contributed by atoms with Gasteiger partial charge in [-0.1, -0.05) is 19.1 Å². The first kappa shape index (κ1) is 13.8. The van der Waals surface area contributed by atoms with Crippen LogP contribution in [0, 0.1) is 11.7 Å². The maximum absolute atomic E-state index is 14.3. The molecule has 0 N–H and O–H groups in total. The van der Waals surface area contributed by atoms with Crippen molar-refractivity contribution in [3.05, 3.63) is 29.6 Å². The molecule has 1 fully saturated rings. The molecule has 19 heavy (non-hydrogen) atoms. The fourth-order valence-corrected chi connectivity index (χ4v) is 2.83. The third-order valence-electron chi connectivity index (χ3n) is 4.18. The molecule has 1 saturated carbocycles. The van der Waals surface area contributed by atoms with Crippen LogP contribution in [0.2, 0.25) is 0 Å². The van der Waals surface area contributed by atoms with Crippen molar-refractivity contribution < 1.29 is 18.7 Å². The summed E-state index contributed by atoms with van der Waals surface area (Å²) in [5.74, 6) is 0.0776. The summed E-state index contributed by atoms with van der Waals surface area (Å²) in [5, 5.41) is 0. The van der Waals surface area contributed by atoms with E-state index in [9.17, 15) is 9.18 Å². The lowest BCUT2D eigenvalue weighted by molar-refractivity contribution is -0.140. The Labute approximate surface area is 112 Å². The second-order valence-corrected chi connectivity index (χ2v) is 5.16. The fourth-order valence-electron chi connectivity index (χ4n) is 2.83. The van der Waals surface area contributed by atoms with Crippen molar-refractivity contribution in [1.29, 1.82) is 0 Å². The van der Waals surface area contributed by atoms with Gasteiger partial charge in [0.1, 0.15) is 0 Å². The number of halogens is 1. The smallest absolute Gasteiger partial charge is 0.305 e. The van der Waals surface area contributed by atoms with Gasteiger partial charge in [-0.3, -0.25) is 4.79 Å². The van der Waals surface area contributed by atoms with Crippen LogP contribution < -0.4 is 4.74 Å². The Balaban J connectivity index is 2.25. The average Bonchev–Trinajstić information content (AvgIpc) is 3.08. The third-order valence-corrected chi connectivity index (χ3v) is 4.18. The molecule has 2 unspecified atom stereocenters. The zero-order valence-electron chi connectivity index (χ0n) is 11.5. The molecular formula is C15H19FO3. The van der Waals surface area contributed by atoms with Crippen molar-refractivity contribution in [1.82, 2.24) is 0 Å².